The molecule has 1 saturated carbocycles. The second kappa shape index (κ2) is 6.09. The monoisotopic (exact) mass is 259 g/mol. The maximum absolute atomic E-state index is 3.94. The second-order valence-corrected chi connectivity index (χ2v) is 7.25. The lowest BCUT2D eigenvalue weighted by Gasteiger charge is -2.31. The van der Waals surface area contributed by atoms with E-state index in [1.54, 1.807) is 0 Å². The van der Waals surface area contributed by atoms with E-state index in [4.69, 9.17) is 0 Å². The van der Waals surface area contributed by atoms with Crippen molar-refractivity contribution in [3.8, 4) is 0 Å². The van der Waals surface area contributed by atoms with Crippen LogP contribution in [0.25, 0.3) is 0 Å². The topological polar surface area (TPSA) is 12.0 Å². The Morgan fingerprint density at radius 1 is 1.16 bits per heavy atom. The Morgan fingerprint density at radius 3 is 2.26 bits per heavy atom. The van der Waals surface area contributed by atoms with Gasteiger partial charge in [-0.2, -0.15) is 0 Å². The first-order chi connectivity index (χ1) is 8.99. The summed E-state index contributed by atoms with van der Waals surface area (Å²) >= 11 is 0. The molecule has 1 nitrogen and oxygen atoms in total. The molecule has 2 atom stereocenters. The summed E-state index contributed by atoms with van der Waals surface area (Å²) in [5, 5.41) is 3.94. The van der Waals surface area contributed by atoms with E-state index in [-0.39, 0.29) is 0 Å². The highest BCUT2D eigenvalue weighted by atomic mass is 15.0. The number of hydrogen-bond donors (Lipinski definition) is 1. The predicted octanol–water partition coefficient (Wildman–Crippen LogP) is 4.94. The van der Waals surface area contributed by atoms with Crippen molar-refractivity contribution in [3.63, 3.8) is 0 Å². The van der Waals surface area contributed by atoms with Crippen LogP contribution in [0.4, 0.5) is 0 Å². The minimum absolute atomic E-state index is 0.356. The number of benzene rings is 1. The van der Waals surface area contributed by atoms with Crippen LogP contribution in [0.1, 0.15) is 65.0 Å². The summed E-state index contributed by atoms with van der Waals surface area (Å²) < 4.78 is 0. The SMILES string of the molecule is CCC(NC(CC(C)(C)C)c1ccccc1)C1CC1. The molecule has 0 bridgehead atoms. The molecule has 2 unspecified atom stereocenters. The Balaban J connectivity index is 2.09. The zero-order valence-corrected chi connectivity index (χ0v) is 12.9. The van der Waals surface area contributed by atoms with Crippen molar-refractivity contribution < 1.29 is 0 Å². The summed E-state index contributed by atoms with van der Waals surface area (Å²) in [6.07, 6.45) is 5.28. The number of rotatable bonds is 6. The Bertz CT molecular complexity index is 372. The summed E-state index contributed by atoms with van der Waals surface area (Å²) in [7, 11) is 0. The van der Waals surface area contributed by atoms with Gasteiger partial charge in [0, 0.05) is 12.1 Å². The maximum Gasteiger partial charge on any atom is 0.0327 e. The van der Waals surface area contributed by atoms with Gasteiger partial charge >= 0.3 is 0 Å². The van der Waals surface area contributed by atoms with Crippen molar-refractivity contribution in [2.24, 2.45) is 11.3 Å². The third-order valence-electron chi connectivity index (χ3n) is 4.06. The highest BCUT2D eigenvalue weighted by Crippen LogP contribution is 2.37. The first-order valence-corrected chi connectivity index (χ1v) is 7.80. The summed E-state index contributed by atoms with van der Waals surface area (Å²) in [6.45, 7) is 9.32. The third kappa shape index (κ3) is 4.65. The number of hydrogen-bond acceptors (Lipinski definition) is 1. The molecule has 0 spiro atoms. The maximum atomic E-state index is 3.94. The standard InChI is InChI=1S/C18H29N/c1-5-16(15-11-12-15)19-17(13-18(2,3)4)14-9-7-6-8-10-14/h6-10,15-17,19H,5,11-13H2,1-4H3. The zero-order chi connectivity index (χ0) is 13.9. The van der Waals surface area contributed by atoms with Crippen molar-refractivity contribution >= 4 is 0 Å². The van der Waals surface area contributed by atoms with Crippen molar-refractivity contribution in [2.75, 3.05) is 0 Å². The predicted molar refractivity (Wildman–Crippen MR) is 83.2 cm³/mol. The first-order valence-electron chi connectivity index (χ1n) is 7.80. The zero-order valence-electron chi connectivity index (χ0n) is 12.9. The van der Waals surface area contributed by atoms with E-state index in [0.29, 0.717) is 17.5 Å². The van der Waals surface area contributed by atoms with Gasteiger partial charge in [0.1, 0.15) is 0 Å². The fraction of sp³-hybridized carbons (Fsp3) is 0.667. The lowest BCUT2D eigenvalue weighted by atomic mass is 9.85. The van der Waals surface area contributed by atoms with Crippen molar-refractivity contribution in [1.82, 2.24) is 5.32 Å². The summed E-state index contributed by atoms with van der Waals surface area (Å²) in [4.78, 5) is 0. The van der Waals surface area contributed by atoms with Gasteiger partial charge in [-0.25, -0.2) is 0 Å². The molecular formula is C18H29N. The van der Waals surface area contributed by atoms with E-state index in [1.165, 1.54) is 31.2 Å². The lowest BCUT2D eigenvalue weighted by molar-refractivity contribution is 0.281. The van der Waals surface area contributed by atoms with Crippen LogP contribution >= 0.6 is 0 Å². The van der Waals surface area contributed by atoms with Gasteiger partial charge in [0.25, 0.3) is 0 Å². The molecule has 1 aliphatic carbocycles. The highest BCUT2D eigenvalue weighted by Gasteiger charge is 2.32. The molecule has 0 amide bonds. The Hall–Kier alpha value is -0.820. The molecule has 1 aromatic carbocycles. The molecular weight excluding hydrogens is 230 g/mol. The van der Waals surface area contributed by atoms with Gasteiger partial charge in [-0.1, -0.05) is 58.0 Å². The molecule has 1 N–H and O–H groups in total. The molecule has 0 aliphatic heterocycles. The smallest absolute Gasteiger partial charge is 0.0327 e. The normalized spacial score (nSPS) is 19.2. The van der Waals surface area contributed by atoms with Crippen molar-refractivity contribution in [1.29, 1.82) is 0 Å². The molecule has 0 aromatic heterocycles. The molecule has 19 heavy (non-hydrogen) atoms. The van der Waals surface area contributed by atoms with Crippen molar-refractivity contribution in [2.45, 2.75) is 65.5 Å². The Kier molecular flexibility index (Phi) is 4.67. The number of nitrogens with one attached hydrogen (secondary N) is 1. The van der Waals surface area contributed by atoms with Gasteiger partial charge in [-0.05, 0) is 42.6 Å². The van der Waals surface area contributed by atoms with Gasteiger partial charge < -0.3 is 5.32 Å². The van der Waals surface area contributed by atoms with Crippen LogP contribution in [-0.4, -0.2) is 6.04 Å². The van der Waals surface area contributed by atoms with E-state index in [2.05, 4.69) is 63.3 Å². The molecule has 2 rings (SSSR count). The van der Waals surface area contributed by atoms with Gasteiger partial charge in [-0.15, -0.1) is 0 Å². The van der Waals surface area contributed by atoms with Crippen LogP contribution in [0.2, 0.25) is 0 Å². The van der Waals surface area contributed by atoms with Gasteiger partial charge in [0.05, 0.1) is 0 Å². The summed E-state index contributed by atoms with van der Waals surface area (Å²) in [6, 6.07) is 12.1. The van der Waals surface area contributed by atoms with Gasteiger partial charge in [0.15, 0.2) is 0 Å². The van der Waals surface area contributed by atoms with Crippen LogP contribution in [0.5, 0.6) is 0 Å². The highest BCUT2D eigenvalue weighted by molar-refractivity contribution is 5.19. The molecule has 106 valence electrons. The molecule has 1 fully saturated rings. The Labute approximate surface area is 118 Å². The van der Waals surface area contributed by atoms with Gasteiger partial charge in [-0.3, -0.25) is 0 Å². The van der Waals surface area contributed by atoms with Crippen molar-refractivity contribution in [3.05, 3.63) is 35.9 Å². The summed E-state index contributed by atoms with van der Waals surface area (Å²) in [5.74, 6) is 0.927. The van der Waals surface area contributed by atoms with Crippen LogP contribution < -0.4 is 5.32 Å². The van der Waals surface area contributed by atoms with Crippen LogP contribution in [0, 0.1) is 11.3 Å². The minimum atomic E-state index is 0.356. The fourth-order valence-electron chi connectivity index (χ4n) is 2.91. The quantitative estimate of drug-likeness (QED) is 0.763. The van der Waals surface area contributed by atoms with E-state index >= 15 is 0 Å². The third-order valence-corrected chi connectivity index (χ3v) is 4.06. The van der Waals surface area contributed by atoms with Gasteiger partial charge in [0.2, 0.25) is 0 Å². The van der Waals surface area contributed by atoms with E-state index in [0.717, 1.165) is 5.92 Å². The summed E-state index contributed by atoms with van der Waals surface area (Å²) in [5.41, 5.74) is 1.80. The second-order valence-electron chi connectivity index (χ2n) is 7.25. The molecule has 1 heteroatoms. The molecule has 0 radical (unpaired) electrons. The van der Waals surface area contributed by atoms with Crippen LogP contribution in [-0.2, 0) is 0 Å². The average molecular weight is 259 g/mol. The van der Waals surface area contributed by atoms with E-state index in [9.17, 15) is 0 Å². The van der Waals surface area contributed by atoms with E-state index in [1.807, 2.05) is 0 Å². The van der Waals surface area contributed by atoms with Crippen LogP contribution in [0.3, 0.4) is 0 Å². The first kappa shape index (κ1) is 14.6. The molecule has 1 aliphatic rings. The molecule has 0 heterocycles. The Morgan fingerprint density at radius 2 is 1.79 bits per heavy atom. The lowest BCUT2D eigenvalue weighted by Crippen LogP contribution is -2.36. The van der Waals surface area contributed by atoms with Crippen LogP contribution in [0.15, 0.2) is 30.3 Å². The minimum Gasteiger partial charge on any atom is -0.307 e. The fourth-order valence-corrected chi connectivity index (χ4v) is 2.91. The largest absolute Gasteiger partial charge is 0.307 e. The average Bonchev–Trinajstić information content (AvgIpc) is 3.18. The molecule has 0 saturated heterocycles. The van der Waals surface area contributed by atoms with E-state index < -0.39 is 0 Å². The molecule has 1 aromatic rings.